The topological polar surface area (TPSA) is 65.1 Å². The van der Waals surface area contributed by atoms with E-state index in [2.05, 4.69) is 0 Å². The second kappa shape index (κ2) is 7.31. The number of carbonyl (C=O) groups is 2. The number of carbonyl (C=O) groups excluding carboxylic acids is 2. The van der Waals surface area contributed by atoms with E-state index in [0.717, 1.165) is 11.3 Å². The van der Waals surface area contributed by atoms with Gasteiger partial charge in [0.15, 0.2) is 11.5 Å². The first kappa shape index (κ1) is 16.3. The SMILES string of the molecule is O=C(CCN1CCSC1=O)OCc1cc(Cl)c2c(c1)OCCO2. The van der Waals surface area contributed by atoms with Crippen molar-refractivity contribution in [3.8, 4) is 11.5 Å². The molecule has 0 unspecified atom stereocenters. The summed E-state index contributed by atoms with van der Waals surface area (Å²) in [6, 6.07) is 3.46. The van der Waals surface area contributed by atoms with Crippen LogP contribution in [0.4, 0.5) is 4.79 Å². The van der Waals surface area contributed by atoms with E-state index in [9.17, 15) is 9.59 Å². The lowest BCUT2D eigenvalue weighted by Crippen LogP contribution is -2.26. The number of rotatable bonds is 5. The standard InChI is InChI=1S/C15H16ClNO5S/c16-11-7-10(8-12-14(11)21-5-4-20-12)9-22-13(18)1-2-17-3-6-23-15(17)19/h7-8H,1-6,9H2. The molecule has 0 spiro atoms. The fraction of sp³-hybridized carbons (Fsp3) is 0.467. The largest absolute Gasteiger partial charge is 0.486 e. The molecule has 0 radical (unpaired) electrons. The Morgan fingerprint density at radius 2 is 2.17 bits per heavy atom. The number of benzene rings is 1. The monoisotopic (exact) mass is 357 g/mol. The van der Waals surface area contributed by atoms with Gasteiger partial charge < -0.3 is 19.1 Å². The molecular weight excluding hydrogens is 342 g/mol. The molecule has 6 nitrogen and oxygen atoms in total. The normalized spacial score (nSPS) is 16.6. The van der Waals surface area contributed by atoms with Crippen molar-refractivity contribution in [2.75, 3.05) is 32.1 Å². The van der Waals surface area contributed by atoms with Crippen LogP contribution >= 0.6 is 23.4 Å². The van der Waals surface area contributed by atoms with Crippen LogP contribution in [0.1, 0.15) is 12.0 Å². The van der Waals surface area contributed by atoms with Crippen molar-refractivity contribution in [1.82, 2.24) is 4.90 Å². The number of hydrogen-bond donors (Lipinski definition) is 0. The summed E-state index contributed by atoms with van der Waals surface area (Å²) in [6.07, 6.45) is 0.185. The summed E-state index contributed by atoms with van der Waals surface area (Å²) in [5.74, 6) is 1.53. The third kappa shape index (κ3) is 4.03. The first-order chi connectivity index (χ1) is 11.1. The van der Waals surface area contributed by atoms with Gasteiger partial charge in [0.2, 0.25) is 0 Å². The van der Waals surface area contributed by atoms with Crippen molar-refractivity contribution in [2.24, 2.45) is 0 Å². The van der Waals surface area contributed by atoms with Crippen molar-refractivity contribution < 1.29 is 23.8 Å². The average molecular weight is 358 g/mol. The summed E-state index contributed by atoms with van der Waals surface area (Å²) in [5, 5.41) is 0.462. The molecule has 0 N–H and O–H groups in total. The number of halogens is 1. The highest BCUT2D eigenvalue weighted by Crippen LogP contribution is 2.38. The highest BCUT2D eigenvalue weighted by atomic mass is 35.5. The van der Waals surface area contributed by atoms with Crippen LogP contribution in [0.5, 0.6) is 11.5 Å². The minimum absolute atomic E-state index is 0.0245. The molecule has 1 amide bonds. The van der Waals surface area contributed by atoms with Crippen molar-refractivity contribution in [1.29, 1.82) is 0 Å². The Bertz CT molecular complexity index is 624. The van der Waals surface area contributed by atoms with Crippen LogP contribution in [0.15, 0.2) is 12.1 Å². The average Bonchev–Trinajstić information content (AvgIpc) is 2.96. The number of thioether (sulfide) groups is 1. The van der Waals surface area contributed by atoms with Crippen LogP contribution in [-0.2, 0) is 16.1 Å². The lowest BCUT2D eigenvalue weighted by molar-refractivity contribution is -0.145. The van der Waals surface area contributed by atoms with Crippen molar-refractivity contribution >= 4 is 34.6 Å². The maximum absolute atomic E-state index is 11.8. The zero-order valence-electron chi connectivity index (χ0n) is 12.4. The Morgan fingerprint density at radius 1 is 1.35 bits per heavy atom. The zero-order valence-corrected chi connectivity index (χ0v) is 14.0. The number of hydrogen-bond acceptors (Lipinski definition) is 6. The van der Waals surface area contributed by atoms with E-state index < -0.39 is 0 Å². The predicted octanol–water partition coefficient (Wildman–Crippen LogP) is 2.71. The number of fused-ring (bicyclic) bond motifs is 1. The first-order valence-electron chi connectivity index (χ1n) is 7.29. The molecule has 2 heterocycles. The maximum atomic E-state index is 11.8. The van der Waals surface area contributed by atoms with Gasteiger partial charge in [-0.15, -0.1) is 0 Å². The number of ether oxygens (including phenoxy) is 3. The van der Waals surface area contributed by atoms with Gasteiger partial charge in [-0.25, -0.2) is 0 Å². The summed E-state index contributed by atoms with van der Waals surface area (Å²) in [7, 11) is 0. The molecular formula is C15H16ClNO5S. The molecule has 0 aromatic heterocycles. The number of esters is 1. The Balaban J connectivity index is 1.50. The summed E-state index contributed by atoms with van der Waals surface area (Å²) in [6.45, 7) is 2.13. The van der Waals surface area contributed by atoms with Crippen LogP contribution in [0.3, 0.4) is 0 Å². The second-order valence-electron chi connectivity index (χ2n) is 5.11. The molecule has 1 saturated heterocycles. The smallest absolute Gasteiger partial charge is 0.307 e. The predicted molar refractivity (Wildman–Crippen MR) is 86.3 cm³/mol. The zero-order chi connectivity index (χ0) is 16.2. The van der Waals surface area contributed by atoms with Gasteiger partial charge in [0, 0.05) is 18.8 Å². The van der Waals surface area contributed by atoms with Crippen molar-refractivity contribution in [3.05, 3.63) is 22.7 Å². The summed E-state index contributed by atoms with van der Waals surface area (Å²) >= 11 is 7.41. The fourth-order valence-corrected chi connectivity index (χ4v) is 3.48. The maximum Gasteiger partial charge on any atom is 0.307 e. The van der Waals surface area contributed by atoms with E-state index in [1.165, 1.54) is 11.8 Å². The molecule has 1 fully saturated rings. The molecule has 2 aliphatic rings. The molecule has 0 atom stereocenters. The van der Waals surface area contributed by atoms with Crippen LogP contribution in [0, 0.1) is 0 Å². The third-order valence-electron chi connectivity index (χ3n) is 3.49. The molecule has 0 saturated carbocycles. The van der Waals surface area contributed by atoms with Gasteiger partial charge >= 0.3 is 5.97 Å². The van der Waals surface area contributed by atoms with Gasteiger partial charge in [0.25, 0.3) is 5.24 Å². The molecule has 3 rings (SSSR count). The lowest BCUT2D eigenvalue weighted by Gasteiger charge is -2.20. The Hall–Kier alpha value is -1.60. The highest BCUT2D eigenvalue weighted by molar-refractivity contribution is 8.13. The Morgan fingerprint density at radius 3 is 2.96 bits per heavy atom. The Kier molecular flexibility index (Phi) is 5.17. The molecule has 124 valence electrons. The van der Waals surface area contributed by atoms with E-state index in [1.54, 1.807) is 17.0 Å². The van der Waals surface area contributed by atoms with Crippen LogP contribution < -0.4 is 9.47 Å². The van der Waals surface area contributed by atoms with E-state index in [-0.39, 0.29) is 24.2 Å². The molecule has 1 aromatic carbocycles. The second-order valence-corrected chi connectivity index (χ2v) is 6.57. The third-order valence-corrected chi connectivity index (χ3v) is 4.66. The van der Waals surface area contributed by atoms with Gasteiger partial charge in [-0.1, -0.05) is 23.4 Å². The highest BCUT2D eigenvalue weighted by Gasteiger charge is 2.22. The van der Waals surface area contributed by atoms with Gasteiger partial charge in [-0.2, -0.15) is 0 Å². The van der Waals surface area contributed by atoms with Crippen molar-refractivity contribution in [2.45, 2.75) is 13.0 Å². The minimum Gasteiger partial charge on any atom is -0.486 e. The quantitative estimate of drug-likeness (QED) is 0.755. The van der Waals surface area contributed by atoms with Crippen LogP contribution in [0.25, 0.3) is 0 Å². The van der Waals surface area contributed by atoms with Gasteiger partial charge in [-0.3, -0.25) is 9.59 Å². The summed E-state index contributed by atoms with van der Waals surface area (Å²) in [4.78, 5) is 24.9. The Labute approximate surface area is 143 Å². The molecule has 8 heteroatoms. The van der Waals surface area contributed by atoms with E-state index >= 15 is 0 Å². The van der Waals surface area contributed by atoms with E-state index in [1.807, 2.05) is 0 Å². The lowest BCUT2D eigenvalue weighted by atomic mass is 10.2. The van der Waals surface area contributed by atoms with Gasteiger partial charge in [-0.05, 0) is 17.7 Å². The van der Waals surface area contributed by atoms with E-state index in [4.69, 9.17) is 25.8 Å². The molecule has 1 aromatic rings. The molecule has 0 aliphatic carbocycles. The fourth-order valence-electron chi connectivity index (χ4n) is 2.34. The van der Waals surface area contributed by atoms with Gasteiger partial charge in [0.05, 0.1) is 11.4 Å². The summed E-state index contributed by atoms with van der Waals surface area (Å²) in [5.41, 5.74) is 0.736. The number of amides is 1. The number of nitrogens with zero attached hydrogens (tertiary/aromatic N) is 1. The molecule has 23 heavy (non-hydrogen) atoms. The van der Waals surface area contributed by atoms with Crippen LogP contribution in [0.2, 0.25) is 5.02 Å². The van der Waals surface area contributed by atoms with Crippen molar-refractivity contribution in [3.63, 3.8) is 0 Å². The summed E-state index contributed by atoms with van der Waals surface area (Å²) < 4.78 is 16.1. The first-order valence-corrected chi connectivity index (χ1v) is 8.65. The van der Waals surface area contributed by atoms with Gasteiger partial charge in [0.1, 0.15) is 19.8 Å². The van der Waals surface area contributed by atoms with E-state index in [0.29, 0.717) is 42.8 Å². The molecule has 2 aliphatic heterocycles. The minimum atomic E-state index is -0.347. The molecule has 0 bridgehead atoms. The van der Waals surface area contributed by atoms with Crippen LogP contribution in [-0.4, -0.2) is 48.2 Å².